The van der Waals surface area contributed by atoms with Gasteiger partial charge in [-0.15, -0.1) is 0 Å². The molecule has 2 aromatic carbocycles. The van der Waals surface area contributed by atoms with Gasteiger partial charge in [0, 0.05) is 16.9 Å². The molecule has 1 aromatic heterocycles. The Kier molecular flexibility index (Phi) is 5.40. The number of nitrogens with one attached hydrogen (secondary N) is 1. The third-order valence-corrected chi connectivity index (χ3v) is 5.78. The number of aromatic nitrogens is 2. The van der Waals surface area contributed by atoms with E-state index in [4.69, 9.17) is 5.14 Å². The predicted molar refractivity (Wildman–Crippen MR) is 111 cm³/mol. The quantitative estimate of drug-likeness (QED) is 0.651. The van der Waals surface area contributed by atoms with E-state index < -0.39 is 10.0 Å². The van der Waals surface area contributed by atoms with E-state index in [0.29, 0.717) is 22.6 Å². The number of carbonyl (C=O) groups excluding carboxylic acids is 1. The van der Waals surface area contributed by atoms with Gasteiger partial charge in [-0.3, -0.25) is 4.79 Å². The van der Waals surface area contributed by atoms with Crippen molar-refractivity contribution in [3.05, 3.63) is 76.9 Å². The number of nitrogens with two attached hydrogens (primary N) is 1. The molecule has 7 nitrogen and oxygen atoms in total. The van der Waals surface area contributed by atoms with Gasteiger partial charge in [-0.25, -0.2) is 22.6 Å². The number of halogens is 1. The van der Waals surface area contributed by atoms with E-state index in [1.54, 1.807) is 41.1 Å². The van der Waals surface area contributed by atoms with Gasteiger partial charge >= 0.3 is 0 Å². The zero-order valence-corrected chi connectivity index (χ0v) is 17.0. The second kappa shape index (κ2) is 8.00. The minimum atomic E-state index is -3.62. The molecule has 0 unspecified atom stereocenters. The van der Waals surface area contributed by atoms with Crippen LogP contribution in [0.25, 0.3) is 5.69 Å². The minimum absolute atomic E-state index is 0.267. The second-order valence-electron chi connectivity index (χ2n) is 7.33. The van der Waals surface area contributed by atoms with Crippen LogP contribution in [0.5, 0.6) is 0 Å². The molecule has 1 aliphatic carbocycles. The first kappa shape index (κ1) is 20.2. The molecule has 4 rings (SSSR count). The Hall–Kier alpha value is -3.04. The monoisotopic (exact) mass is 428 g/mol. The van der Waals surface area contributed by atoms with E-state index in [0.717, 1.165) is 36.9 Å². The Morgan fingerprint density at radius 2 is 1.73 bits per heavy atom. The van der Waals surface area contributed by atoms with Gasteiger partial charge in [-0.1, -0.05) is 12.1 Å². The fraction of sp³-hybridized carbons (Fsp3) is 0.238. The summed E-state index contributed by atoms with van der Waals surface area (Å²) in [5, 5.41) is 12.4. The molecule has 30 heavy (non-hydrogen) atoms. The van der Waals surface area contributed by atoms with E-state index in [1.807, 2.05) is 0 Å². The van der Waals surface area contributed by atoms with Gasteiger partial charge in [0.1, 0.15) is 5.82 Å². The van der Waals surface area contributed by atoms with Gasteiger partial charge in [0.15, 0.2) is 5.69 Å². The van der Waals surface area contributed by atoms with Crippen molar-refractivity contribution in [2.45, 2.75) is 31.4 Å². The lowest BCUT2D eigenvalue weighted by Gasteiger charge is -2.14. The maximum Gasteiger partial charge on any atom is 0.276 e. The molecule has 0 aliphatic heterocycles. The standard InChI is InChI=1S/C21H21FN4O3S/c22-15-7-11-17(12-8-15)26-19-4-2-1-3-18(19)20(25-26)21(27)24-16-9-5-14(6-10-16)13-30(23,28)29/h5-12H,1-4,13H2,(H,24,27)(H2,23,28,29). The summed E-state index contributed by atoms with van der Waals surface area (Å²) in [6.07, 6.45) is 3.54. The maximum atomic E-state index is 13.3. The minimum Gasteiger partial charge on any atom is -0.321 e. The van der Waals surface area contributed by atoms with Gasteiger partial charge in [0.2, 0.25) is 10.0 Å². The molecule has 3 aromatic rings. The number of sulfonamides is 1. The van der Waals surface area contributed by atoms with Crippen molar-refractivity contribution >= 4 is 21.6 Å². The first-order valence-corrected chi connectivity index (χ1v) is 11.3. The number of benzene rings is 2. The van der Waals surface area contributed by atoms with Crippen LogP contribution in [0.4, 0.5) is 10.1 Å². The summed E-state index contributed by atoms with van der Waals surface area (Å²) in [6.45, 7) is 0. The van der Waals surface area contributed by atoms with E-state index in [9.17, 15) is 17.6 Å². The third-order valence-electron chi connectivity index (χ3n) is 5.05. The number of amides is 1. The first-order valence-electron chi connectivity index (χ1n) is 9.58. The Balaban J connectivity index is 1.60. The zero-order chi connectivity index (χ0) is 21.3. The van der Waals surface area contributed by atoms with E-state index in [-0.39, 0.29) is 17.5 Å². The summed E-state index contributed by atoms with van der Waals surface area (Å²) in [4.78, 5) is 12.9. The third kappa shape index (κ3) is 4.42. The van der Waals surface area contributed by atoms with Crippen molar-refractivity contribution in [1.29, 1.82) is 0 Å². The lowest BCUT2D eigenvalue weighted by molar-refractivity contribution is 0.102. The topological polar surface area (TPSA) is 107 Å². The number of carbonyl (C=O) groups is 1. The molecule has 0 saturated carbocycles. The number of rotatable bonds is 5. The molecule has 1 amide bonds. The molecule has 156 valence electrons. The molecule has 1 heterocycles. The molecule has 1 aliphatic rings. The maximum absolute atomic E-state index is 13.3. The summed E-state index contributed by atoms with van der Waals surface area (Å²) >= 11 is 0. The van der Waals surface area contributed by atoms with E-state index in [2.05, 4.69) is 10.4 Å². The highest BCUT2D eigenvalue weighted by Crippen LogP contribution is 2.27. The van der Waals surface area contributed by atoms with Crippen LogP contribution in [0.1, 0.15) is 40.2 Å². The molecule has 0 radical (unpaired) electrons. The molecule has 0 bridgehead atoms. The molecular weight excluding hydrogens is 407 g/mol. The highest BCUT2D eigenvalue weighted by molar-refractivity contribution is 7.88. The molecule has 9 heteroatoms. The molecular formula is C21H21FN4O3S. The van der Waals surface area contributed by atoms with Crippen LogP contribution in [-0.4, -0.2) is 24.1 Å². The largest absolute Gasteiger partial charge is 0.321 e. The number of anilines is 1. The second-order valence-corrected chi connectivity index (χ2v) is 8.94. The molecule has 0 saturated heterocycles. The first-order chi connectivity index (χ1) is 14.3. The Labute approximate surface area is 173 Å². The number of nitrogens with zero attached hydrogens (tertiary/aromatic N) is 2. The average Bonchev–Trinajstić information content (AvgIpc) is 3.09. The Morgan fingerprint density at radius 1 is 1.07 bits per heavy atom. The Morgan fingerprint density at radius 3 is 2.40 bits per heavy atom. The number of hydrogen-bond donors (Lipinski definition) is 2. The van der Waals surface area contributed by atoms with E-state index >= 15 is 0 Å². The van der Waals surface area contributed by atoms with Crippen molar-refractivity contribution < 1.29 is 17.6 Å². The van der Waals surface area contributed by atoms with Crippen molar-refractivity contribution in [3.8, 4) is 5.69 Å². The summed E-state index contributed by atoms with van der Waals surface area (Å²) in [7, 11) is -3.62. The van der Waals surface area contributed by atoms with Crippen LogP contribution in [0, 0.1) is 5.82 Å². The van der Waals surface area contributed by atoms with Gasteiger partial charge in [0.05, 0.1) is 11.4 Å². The highest BCUT2D eigenvalue weighted by atomic mass is 32.2. The normalized spacial score (nSPS) is 13.7. The lowest BCUT2D eigenvalue weighted by atomic mass is 9.95. The van der Waals surface area contributed by atoms with Crippen molar-refractivity contribution in [1.82, 2.24) is 9.78 Å². The van der Waals surface area contributed by atoms with Gasteiger partial charge in [-0.2, -0.15) is 5.10 Å². The van der Waals surface area contributed by atoms with Crippen LogP contribution in [-0.2, 0) is 28.6 Å². The molecule has 0 atom stereocenters. The van der Waals surface area contributed by atoms with Crippen LogP contribution in [0.3, 0.4) is 0 Å². The fourth-order valence-corrected chi connectivity index (χ4v) is 4.34. The summed E-state index contributed by atoms with van der Waals surface area (Å²) in [6, 6.07) is 12.5. The summed E-state index contributed by atoms with van der Waals surface area (Å²) in [5.74, 6) is -0.937. The van der Waals surface area contributed by atoms with Crippen LogP contribution >= 0.6 is 0 Å². The molecule has 0 fully saturated rings. The number of primary sulfonamides is 1. The average molecular weight is 428 g/mol. The number of fused-ring (bicyclic) bond motifs is 1. The predicted octanol–water partition coefficient (Wildman–Crippen LogP) is 2.93. The van der Waals surface area contributed by atoms with Crippen molar-refractivity contribution in [2.24, 2.45) is 5.14 Å². The van der Waals surface area contributed by atoms with Crippen molar-refractivity contribution in [3.63, 3.8) is 0 Å². The van der Waals surface area contributed by atoms with Crippen LogP contribution in [0.15, 0.2) is 48.5 Å². The lowest BCUT2D eigenvalue weighted by Crippen LogP contribution is -2.16. The fourth-order valence-electron chi connectivity index (χ4n) is 3.68. The number of hydrogen-bond acceptors (Lipinski definition) is 4. The summed E-state index contributed by atoms with van der Waals surface area (Å²) < 4.78 is 37.4. The zero-order valence-electron chi connectivity index (χ0n) is 16.1. The van der Waals surface area contributed by atoms with Gasteiger partial charge in [-0.05, 0) is 67.6 Å². The van der Waals surface area contributed by atoms with Crippen LogP contribution < -0.4 is 10.5 Å². The van der Waals surface area contributed by atoms with Gasteiger partial charge in [0.25, 0.3) is 5.91 Å². The Bertz CT molecular complexity index is 1190. The van der Waals surface area contributed by atoms with E-state index in [1.165, 1.54) is 12.1 Å². The van der Waals surface area contributed by atoms with Crippen molar-refractivity contribution in [2.75, 3.05) is 5.32 Å². The summed E-state index contributed by atoms with van der Waals surface area (Å²) in [5.41, 5.74) is 4.01. The van der Waals surface area contributed by atoms with Gasteiger partial charge < -0.3 is 5.32 Å². The smallest absolute Gasteiger partial charge is 0.276 e. The highest BCUT2D eigenvalue weighted by Gasteiger charge is 2.25. The van der Waals surface area contributed by atoms with Crippen LogP contribution in [0.2, 0.25) is 0 Å². The SMILES string of the molecule is NS(=O)(=O)Cc1ccc(NC(=O)c2nn(-c3ccc(F)cc3)c3c2CCCC3)cc1. The molecule has 3 N–H and O–H groups in total. The molecule has 0 spiro atoms.